The lowest BCUT2D eigenvalue weighted by atomic mass is 10.2. The van der Waals surface area contributed by atoms with E-state index in [1.54, 1.807) is 4.57 Å². The van der Waals surface area contributed by atoms with Gasteiger partial charge in [0.25, 0.3) is 0 Å². The Morgan fingerprint density at radius 3 is 2.42 bits per heavy atom. The van der Waals surface area contributed by atoms with E-state index in [2.05, 4.69) is 22.6 Å². The van der Waals surface area contributed by atoms with Crippen molar-refractivity contribution >= 4 is 28.7 Å². The SMILES string of the molecule is CCOC(OCC)n1cc(I)cc1C=C(C#N)C#N. The van der Waals surface area contributed by atoms with Gasteiger partial charge < -0.3 is 9.47 Å². The first-order valence-corrected chi connectivity index (χ1v) is 6.86. The van der Waals surface area contributed by atoms with Crippen LogP contribution >= 0.6 is 22.6 Å². The van der Waals surface area contributed by atoms with Crippen LogP contribution in [0.15, 0.2) is 17.8 Å². The lowest BCUT2D eigenvalue weighted by Gasteiger charge is -2.20. The van der Waals surface area contributed by atoms with Crippen LogP contribution in [0.25, 0.3) is 6.08 Å². The first-order valence-electron chi connectivity index (χ1n) is 5.78. The van der Waals surface area contributed by atoms with E-state index in [1.807, 2.05) is 38.2 Å². The number of nitrogens with zero attached hydrogens (tertiary/aromatic N) is 3. The Labute approximate surface area is 126 Å². The maximum absolute atomic E-state index is 8.82. The van der Waals surface area contributed by atoms with E-state index in [0.29, 0.717) is 18.9 Å². The molecular formula is C13H14IN3O2. The summed E-state index contributed by atoms with van der Waals surface area (Å²) in [7, 11) is 0. The number of allylic oxidation sites excluding steroid dienone is 1. The van der Waals surface area contributed by atoms with Crippen LogP contribution in [-0.2, 0) is 9.47 Å². The average molecular weight is 371 g/mol. The maximum atomic E-state index is 8.82. The van der Waals surface area contributed by atoms with Crippen molar-refractivity contribution in [1.82, 2.24) is 4.57 Å². The van der Waals surface area contributed by atoms with Gasteiger partial charge in [-0.2, -0.15) is 10.5 Å². The van der Waals surface area contributed by atoms with Gasteiger partial charge in [-0.05, 0) is 48.6 Å². The molecule has 0 N–H and O–H groups in total. The van der Waals surface area contributed by atoms with Crippen LogP contribution in [0.2, 0.25) is 0 Å². The smallest absolute Gasteiger partial charge is 0.244 e. The van der Waals surface area contributed by atoms with E-state index in [4.69, 9.17) is 20.0 Å². The van der Waals surface area contributed by atoms with Gasteiger partial charge in [0.2, 0.25) is 6.41 Å². The second-order valence-electron chi connectivity index (χ2n) is 3.49. The molecule has 0 atom stereocenters. The highest BCUT2D eigenvalue weighted by molar-refractivity contribution is 14.1. The van der Waals surface area contributed by atoms with Gasteiger partial charge >= 0.3 is 0 Å². The van der Waals surface area contributed by atoms with E-state index in [1.165, 1.54) is 6.08 Å². The second kappa shape index (κ2) is 7.95. The minimum atomic E-state index is -0.552. The Balaban J connectivity index is 3.17. The van der Waals surface area contributed by atoms with Gasteiger partial charge in [-0.15, -0.1) is 0 Å². The molecule has 5 nitrogen and oxygen atoms in total. The lowest BCUT2D eigenvalue weighted by molar-refractivity contribution is -0.186. The molecule has 19 heavy (non-hydrogen) atoms. The van der Waals surface area contributed by atoms with Crippen molar-refractivity contribution in [1.29, 1.82) is 10.5 Å². The highest BCUT2D eigenvalue weighted by atomic mass is 127. The fraction of sp³-hybridized carbons (Fsp3) is 0.385. The third-order valence-electron chi connectivity index (χ3n) is 2.23. The van der Waals surface area contributed by atoms with E-state index >= 15 is 0 Å². The number of hydrogen-bond donors (Lipinski definition) is 0. The molecule has 0 amide bonds. The zero-order valence-corrected chi connectivity index (χ0v) is 12.9. The zero-order valence-electron chi connectivity index (χ0n) is 10.8. The van der Waals surface area contributed by atoms with Crippen LogP contribution in [0.4, 0.5) is 0 Å². The number of hydrogen-bond acceptors (Lipinski definition) is 4. The summed E-state index contributed by atoms with van der Waals surface area (Å²) in [6, 6.07) is 5.55. The summed E-state index contributed by atoms with van der Waals surface area (Å²) < 4.78 is 13.8. The molecule has 0 aromatic carbocycles. The molecule has 0 radical (unpaired) electrons. The summed E-state index contributed by atoms with van der Waals surface area (Å²) in [4.78, 5) is 0. The standard InChI is InChI=1S/C13H14IN3O2/c1-3-18-13(19-4-2)17-9-11(14)6-12(17)5-10(7-15)8-16/h5-6,9,13H,3-4H2,1-2H3. The number of halogens is 1. The van der Waals surface area contributed by atoms with Gasteiger partial charge in [0, 0.05) is 28.7 Å². The minimum Gasteiger partial charge on any atom is -0.335 e. The van der Waals surface area contributed by atoms with Crippen LogP contribution in [0.1, 0.15) is 26.0 Å². The molecule has 100 valence electrons. The first-order chi connectivity index (χ1) is 9.15. The van der Waals surface area contributed by atoms with Gasteiger partial charge in [-0.25, -0.2) is 0 Å². The summed E-state index contributed by atoms with van der Waals surface area (Å²) >= 11 is 2.16. The Bertz CT molecular complexity index is 515. The lowest BCUT2D eigenvalue weighted by Crippen LogP contribution is -2.17. The monoisotopic (exact) mass is 371 g/mol. The molecule has 0 aliphatic carbocycles. The summed E-state index contributed by atoms with van der Waals surface area (Å²) in [5.74, 6) is 0. The molecule has 0 fully saturated rings. The van der Waals surface area contributed by atoms with Crippen LogP contribution in [-0.4, -0.2) is 17.8 Å². The number of nitriles is 2. The summed E-state index contributed by atoms with van der Waals surface area (Å²) in [6.07, 6.45) is 2.82. The summed E-state index contributed by atoms with van der Waals surface area (Å²) in [5, 5.41) is 17.6. The van der Waals surface area contributed by atoms with Crippen LogP contribution < -0.4 is 0 Å². The molecule has 0 aliphatic rings. The quantitative estimate of drug-likeness (QED) is 0.438. The normalized spacial score (nSPS) is 10.0. The maximum Gasteiger partial charge on any atom is 0.244 e. The zero-order chi connectivity index (χ0) is 14.3. The molecule has 0 spiro atoms. The Morgan fingerprint density at radius 1 is 1.37 bits per heavy atom. The fourth-order valence-electron chi connectivity index (χ4n) is 1.49. The fourth-order valence-corrected chi connectivity index (χ4v) is 2.11. The second-order valence-corrected chi connectivity index (χ2v) is 4.74. The topological polar surface area (TPSA) is 71.0 Å². The van der Waals surface area contributed by atoms with Gasteiger partial charge in [-0.3, -0.25) is 4.57 Å². The van der Waals surface area contributed by atoms with Crippen molar-refractivity contribution in [2.45, 2.75) is 20.3 Å². The minimum absolute atomic E-state index is 0.0440. The molecule has 0 bridgehead atoms. The molecule has 0 aliphatic heterocycles. The Kier molecular flexibility index (Phi) is 6.57. The third-order valence-corrected chi connectivity index (χ3v) is 2.82. The molecular weight excluding hydrogens is 357 g/mol. The predicted molar refractivity (Wildman–Crippen MR) is 78.6 cm³/mol. The van der Waals surface area contributed by atoms with Gasteiger partial charge in [-0.1, -0.05) is 0 Å². The summed E-state index contributed by atoms with van der Waals surface area (Å²) in [5.41, 5.74) is 0.747. The van der Waals surface area contributed by atoms with Crippen LogP contribution in [0, 0.1) is 26.2 Å². The van der Waals surface area contributed by atoms with Crippen molar-refractivity contribution in [3.05, 3.63) is 27.1 Å². The van der Waals surface area contributed by atoms with Crippen molar-refractivity contribution in [2.75, 3.05) is 13.2 Å². The number of rotatable bonds is 6. The molecule has 0 unspecified atom stereocenters. The van der Waals surface area contributed by atoms with Gasteiger partial charge in [0.05, 0.1) is 0 Å². The third kappa shape index (κ3) is 4.35. The van der Waals surface area contributed by atoms with Gasteiger partial charge in [0.1, 0.15) is 17.7 Å². The Morgan fingerprint density at radius 2 is 1.95 bits per heavy atom. The molecule has 1 heterocycles. The van der Waals surface area contributed by atoms with Crippen molar-refractivity contribution < 1.29 is 9.47 Å². The average Bonchev–Trinajstić information content (AvgIpc) is 2.76. The predicted octanol–water partition coefficient (Wildman–Crippen LogP) is 3.05. The van der Waals surface area contributed by atoms with E-state index < -0.39 is 6.41 Å². The highest BCUT2D eigenvalue weighted by Gasteiger charge is 2.14. The number of aromatic nitrogens is 1. The van der Waals surface area contributed by atoms with E-state index in [-0.39, 0.29) is 5.57 Å². The largest absolute Gasteiger partial charge is 0.335 e. The molecule has 6 heteroatoms. The molecule has 1 rings (SSSR count). The first kappa shape index (κ1) is 15.7. The number of ether oxygens (including phenoxy) is 2. The Hall–Kier alpha value is -1.35. The molecule has 1 aromatic heterocycles. The summed E-state index contributed by atoms with van der Waals surface area (Å²) in [6.45, 7) is 4.77. The van der Waals surface area contributed by atoms with Crippen LogP contribution in [0.5, 0.6) is 0 Å². The van der Waals surface area contributed by atoms with Gasteiger partial charge in [0.15, 0.2) is 0 Å². The van der Waals surface area contributed by atoms with Crippen molar-refractivity contribution in [3.8, 4) is 12.1 Å². The van der Waals surface area contributed by atoms with Crippen molar-refractivity contribution in [3.63, 3.8) is 0 Å². The highest BCUT2D eigenvalue weighted by Crippen LogP contribution is 2.21. The molecule has 0 saturated carbocycles. The van der Waals surface area contributed by atoms with E-state index in [9.17, 15) is 0 Å². The van der Waals surface area contributed by atoms with Crippen molar-refractivity contribution in [2.24, 2.45) is 0 Å². The molecule has 1 aromatic rings. The molecule has 0 saturated heterocycles. The van der Waals surface area contributed by atoms with Crippen LogP contribution in [0.3, 0.4) is 0 Å². The van der Waals surface area contributed by atoms with E-state index in [0.717, 1.165) is 3.57 Å².